The molecule has 2 rings (SSSR count). The lowest BCUT2D eigenvalue weighted by atomic mass is 10.2. The van der Waals surface area contributed by atoms with Gasteiger partial charge in [-0.3, -0.25) is 4.68 Å². The summed E-state index contributed by atoms with van der Waals surface area (Å²) in [5.74, 6) is -0.339. The zero-order chi connectivity index (χ0) is 12.4. The maximum absolute atomic E-state index is 11.9. The number of hydrogen-bond acceptors (Lipinski definition) is 5. The fourth-order valence-electron chi connectivity index (χ4n) is 1.94. The van der Waals surface area contributed by atoms with Gasteiger partial charge in [-0.2, -0.15) is 5.10 Å². The van der Waals surface area contributed by atoms with Crippen molar-refractivity contribution in [2.45, 2.75) is 19.0 Å². The molecule has 1 aliphatic heterocycles. The molecule has 6 nitrogen and oxygen atoms in total. The first-order valence-electron chi connectivity index (χ1n) is 5.51. The van der Waals surface area contributed by atoms with Gasteiger partial charge in [0.2, 0.25) is 0 Å². The van der Waals surface area contributed by atoms with Crippen LogP contribution in [0.4, 0.5) is 0 Å². The summed E-state index contributed by atoms with van der Waals surface area (Å²) in [6.07, 6.45) is 1.66. The number of aromatic nitrogens is 2. The Morgan fingerprint density at radius 3 is 3.12 bits per heavy atom. The van der Waals surface area contributed by atoms with E-state index in [-0.39, 0.29) is 18.1 Å². The Morgan fingerprint density at radius 1 is 1.76 bits per heavy atom. The SMILES string of the molecule is CCOC(=O)c1c(I)cnn1[C@H]1CNC[C@@H]1N. The number of ether oxygens (including phenoxy) is 1. The van der Waals surface area contributed by atoms with Gasteiger partial charge in [-0.05, 0) is 29.5 Å². The Balaban J connectivity index is 2.31. The van der Waals surface area contributed by atoms with Crippen LogP contribution < -0.4 is 11.1 Å². The highest BCUT2D eigenvalue weighted by Crippen LogP contribution is 2.21. The lowest BCUT2D eigenvalue weighted by molar-refractivity contribution is 0.0507. The first-order chi connectivity index (χ1) is 8.15. The number of nitrogens with zero attached hydrogens (tertiary/aromatic N) is 2. The molecule has 1 saturated heterocycles. The molecule has 0 spiro atoms. The van der Waals surface area contributed by atoms with Crippen molar-refractivity contribution in [1.82, 2.24) is 15.1 Å². The molecule has 17 heavy (non-hydrogen) atoms. The monoisotopic (exact) mass is 350 g/mol. The number of hydrogen-bond donors (Lipinski definition) is 2. The molecular weight excluding hydrogens is 335 g/mol. The van der Waals surface area contributed by atoms with E-state index in [0.717, 1.165) is 16.7 Å². The molecule has 7 heteroatoms. The highest BCUT2D eigenvalue weighted by Gasteiger charge is 2.30. The van der Waals surface area contributed by atoms with Gasteiger partial charge in [0, 0.05) is 19.1 Å². The van der Waals surface area contributed by atoms with Gasteiger partial charge in [0.05, 0.1) is 22.4 Å². The van der Waals surface area contributed by atoms with Crippen molar-refractivity contribution in [2.75, 3.05) is 19.7 Å². The summed E-state index contributed by atoms with van der Waals surface area (Å²) in [6.45, 7) is 3.61. The van der Waals surface area contributed by atoms with Crippen molar-refractivity contribution in [2.24, 2.45) is 5.73 Å². The van der Waals surface area contributed by atoms with Crippen LogP contribution in [-0.4, -0.2) is 41.5 Å². The van der Waals surface area contributed by atoms with Gasteiger partial charge in [-0.1, -0.05) is 0 Å². The molecule has 0 saturated carbocycles. The highest BCUT2D eigenvalue weighted by molar-refractivity contribution is 14.1. The quantitative estimate of drug-likeness (QED) is 0.599. The van der Waals surface area contributed by atoms with Gasteiger partial charge in [0.25, 0.3) is 0 Å². The third-order valence-corrected chi connectivity index (χ3v) is 3.55. The lowest BCUT2D eigenvalue weighted by Gasteiger charge is -2.17. The first-order valence-corrected chi connectivity index (χ1v) is 6.59. The molecule has 2 atom stereocenters. The molecule has 3 N–H and O–H groups in total. The molecule has 1 aromatic heterocycles. The maximum Gasteiger partial charge on any atom is 0.357 e. The van der Waals surface area contributed by atoms with Crippen molar-refractivity contribution >= 4 is 28.6 Å². The molecule has 0 bridgehead atoms. The minimum absolute atomic E-state index is 0.0120. The van der Waals surface area contributed by atoms with Gasteiger partial charge < -0.3 is 15.8 Å². The number of nitrogens with two attached hydrogens (primary N) is 1. The summed E-state index contributed by atoms with van der Waals surface area (Å²) >= 11 is 2.08. The summed E-state index contributed by atoms with van der Waals surface area (Å²) in [5, 5.41) is 7.43. The number of nitrogens with one attached hydrogen (secondary N) is 1. The molecule has 0 amide bonds. The topological polar surface area (TPSA) is 82.2 Å². The number of halogens is 1. The zero-order valence-corrected chi connectivity index (χ0v) is 11.7. The van der Waals surface area contributed by atoms with Crippen LogP contribution >= 0.6 is 22.6 Å². The standard InChI is InChI=1S/C10H15IN4O2/c1-2-17-10(16)9-6(11)3-14-15(9)8-5-13-4-7(8)12/h3,7-8,13H,2,4-5,12H2,1H3/t7-,8-/m0/s1. The summed E-state index contributed by atoms with van der Waals surface area (Å²) in [7, 11) is 0. The molecule has 1 aromatic rings. The third kappa shape index (κ3) is 2.45. The fraction of sp³-hybridized carbons (Fsp3) is 0.600. The van der Waals surface area contributed by atoms with Gasteiger partial charge in [0.15, 0.2) is 5.69 Å². The van der Waals surface area contributed by atoms with Crippen LogP contribution in [0, 0.1) is 3.57 Å². The molecule has 94 valence electrons. The lowest BCUT2D eigenvalue weighted by Crippen LogP contribution is -2.33. The number of rotatable bonds is 3. The highest BCUT2D eigenvalue weighted by atomic mass is 127. The van der Waals surface area contributed by atoms with Crippen LogP contribution in [0.5, 0.6) is 0 Å². The first kappa shape index (κ1) is 12.8. The van der Waals surface area contributed by atoms with Crippen molar-refractivity contribution < 1.29 is 9.53 Å². The van der Waals surface area contributed by atoms with Crippen molar-refractivity contribution in [3.63, 3.8) is 0 Å². The number of carbonyl (C=O) groups is 1. The van der Waals surface area contributed by atoms with E-state index < -0.39 is 0 Å². The van der Waals surface area contributed by atoms with E-state index in [0.29, 0.717) is 12.3 Å². The Bertz CT molecular complexity index is 420. The Labute approximate surface area is 113 Å². The van der Waals surface area contributed by atoms with Crippen LogP contribution in [-0.2, 0) is 4.74 Å². The molecule has 0 unspecified atom stereocenters. The van der Waals surface area contributed by atoms with Gasteiger partial charge >= 0.3 is 5.97 Å². The van der Waals surface area contributed by atoms with Crippen molar-refractivity contribution in [1.29, 1.82) is 0 Å². The Hall–Kier alpha value is -0.670. The van der Waals surface area contributed by atoms with Crippen LogP contribution in [0.15, 0.2) is 6.20 Å². The van der Waals surface area contributed by atoms with E-state index in [1.54, 1.807) is 17.8 Å². The number of esters is 1. The summed E-state index contributed by atoms with van der Waals surface area (Å²) in [5.41, 5.74) is 6.48. The second-order valence-corrected chi connectivity index (χ2v) is 5.06. The zero-order valence-electron chi connectivity index (χ0n) is 9.52. The molecule has 1 fully saturated rings. The minimum atomic E-state index is -0.339. The van der Waals surface area contributed by atoms with Crippen LogP contribution in [0.1, 0.15) is 23.5 Å². The predicted molar refractivity (Wildman–Crippen MR) is 70.8 cm³/mol. The summed E-state index contributed by atoms with van der Waals surface area (Å²) < 4.78 is 7.51. The van der Waals surface area contributed by atoms with Crippen LogP contribution in [0.2, 0.25) is 0 Å². The molecule has 0 radical (unpaired) electrons. The van der Waals surface area contributed by atoms with Gasteiger partial charge in [-0.25, -0.2) is 4.79 Å². The second-order valence-electron chi connectivity index (χ2n) is 3.90. The average molecular weight is 350 g/mol. The van der Waals surface area contributed by atoms with E-state index in [1.807, 2.05) is 0 Å². The fourth-order valence-corrected chi connectivity index (χ4v) is 2.53. The maximum atomic E-state index is 11.9. The summed E-state index contributed by atoms with van der Waals surface area (Å²) in [6, 6.07) is -0.0169. The van der Waals surface area contributed by atoms with Crippen LogP contribution in [0.3, 0.4) is 0 Å². The predicted octanol–water partition coefficient (Wildman–Crippen LogP) is 0.136. The second kappa shape index (κ2) is 5.32. The third-order valence-electron chi connectivity index (χ3n) is 2.76. The number of carbonyl (C=O) groups excluding carboxylic acids is 1. The average Bonchev–Trinajstić information content (AvgIpc) is 2.84. The van der Waals surface area contributed by atoms with E-state index in [2.05, 4.69) is 33.0 Å². The largest absolute Gasteiger partial charge is 0.461 e. The molecular formula is C10H15IN4O2. The molecule has 1 aliphatic rings. The Kier molecular flexibility index (Phi) is 4.00. The molecule has 0 aliphatic carbocycles. The van der Waals surface area contributed by atoms with Crippen molar-refractivity contribution in [3.8, 4) is 0 Å². The van der Waals surface area contributed by atoms with E-state index >= 15 is 0 Å². The van der Waals surface area contributed by atoms with E-state index in [1.165, 1.54) is 0 Å². The van der Waals surface area contributed by atoms with Crippen LogP contribution in [0.25, 0.3) is 0 Å². The van der Waals surface area contributed by atoms with E-state index in [4.69, 9.17) is 10.5 Å². The molecule has 2 heterocycles. The van der Waals surface area contributed by atoms with Crippen molar-refractivity contribution in [3.05, 3.63) is 15.5 Å². The smallest absolute Gasteiger partial charge is 0.357 e. The normalized spacial score (nSPS) is 23.9. The Morgan fingerprint density at radius 2 is 2.53 bits per heavy atom. The van der Waals surface area contributed by atoms with Gasteiger partial charge in [-0.15, -0.1) is 0 Å². The van der Waals surface area contributed by atoms with E-state index in [9.17, 15) is 4.79 Å². The minimum Gasteiger partial charge on any atom is -0.461 e. The van der Waals surface area contributed by atoms with Gasteiger partial charge in [0.1, 0.15) is 0 Å². The molecule has 0 aromatic carbocycles. The summed E-state index contributed by atoms with van der Waals surface area (Å²) in [4.78, 5) is 11.9.